The normalized spacial score (nSPS) is 10.9. The third-order valence-electron chi connectivity index (χ3n) is 4.38. The van der Waals surface area contributed by atoms with E-state index in [4.69, 9.17) is 0 Å². The van der Waals surface area contributed by atoms with Crippen LogP contribution in [0.1, 0.15) is 34.1 Å². The van der Waals surface area contributed by atoms with Crippen LogP contribution in [0.2, 0.25) is 0 Å². The standard InChI is InChI=1S/C20H19FN2O2/c1-4-17-18(20(24)25)19(14-6-8-15(21)9-7-14)22-23(17)16-10-5-12(2)13(3)11-16/h5-11H,4H2,1-3H3,(H,24,25). The Morgan fingerprint density at radius 1 is 1.12 bits per heavy atom. The summed E-state index contributed by atoms with van der Waals surface area (Å²) in [5.74, 6) is -1.41. The highest BCUT2D eigenvalue weighted by atomic mass is 19.1. The van der Waals surface area contributed by atoms with Crippen molar-refractivity contribution >= 4 is 5.97 Å². The number of hydrogen-bond donors (Lipinski definition) is 1. The van der Waals surface area contributed by atoms with Crippen molar-refractivity contribution in [1.29, 1.82) is 0 Å². The molecular weight excluding hydrogens is 319 g/mol. The molecule has 2 aromatic carbocycles. The molecule has 1 heterocycles. The van der Waals surface area contributed by atoms with Crippen LogP contribution in [0.25, 0.3) is 16.9 Å². The van der Waals surface area contributed by atoms with Gasteiger partial charge in [-0.2, -0.15) is 5.10 Å². The van der Waals surface area contributed by atoms with Crippen molar-refractivity contribution in [3.05, 3.63) is 70.7 Å². The van der Waals surface area contributed by atoms with Crippen molar-refractivity contribution in [3.8, 4) is 16.9 Å². The molecule has 0 saturated heterocycles. The fourth-order valence-corrected chi connectivity index (χ4v) is 2.88. The van der Waals surface area contributed by atoms with Gasteiger partial charge in [-0.1, -0.05) is 13.0 Å². The van der Waals surface area contributed by atoms with E-state index in [2.05, 4.69) is 5.10 Å². The van der Waals surface area contributed by atoms with Gasteiger partial charge >= 0.3 is 5.97 Å². The number of hydrogen-bond acceptors (Lipinski definition) is 2. The van der Waals surface area contributed by atoms with Gasteiger partial charge in [0, 0.05) is 5.56 Å². The summed E-state index contributed by atoms with van der Waals surface area (Å²) >= 11 is 0. The summed E-state index contributed by atoms with van der Waals surface area (Å²) in [6.45, 7) is 5.93. The second-order valence-corrected chi connectivity index (χ2v) is 6.02. The van der Waals surface area contributed by atoms with Gasteiger partial charge in [0.2, 0.25) is 0 Å². The van der Waals surface area contributed by atoms with Crippen molar-refractivity contribution in [2.75, 3.05) is 0 Å². The van der Waals surface area contributed by atoms with Crippen LogP contribution in [0, 0.1) is 19.7 Å². The Balaban J connectivity index is 2.26. The van der Waals surface area contributed by atoms with E-state index in [-0.39, 0.29) is 11.4 Å². The zero-order valence-corrected chi connectivity index (χ0v) is 14.4. The first-order valence-electron chi connectivity index (χ1n) is 8.11. The summed E-state index contributed by atoms with van der Waals surface area (Å²) < 4.78 is 14.9. The lowest BCUT2D eigenvalue weighted by Gasteiger charge is -2.09. The summed E-state index contributed by atoms with van der Waals surface area (Å²) in [6.07, 6.45) is 0.517. The Kier molecular flexibility index (Phi) is 4.40. The molecule has 0 aliphatic rings. The Labute approximate surface area is 145 Å². The fraction of sp³-hybridized carbons (Fsp3) is 0.200. The molecule has 0 radical (unpaired) electrons. The van der Waals surface area contributed by atoms with Gasteiger partial charge < -0.3 is 5.11 Å². The molecule has 5 heteroatoms. The van der Waals surface area contributed by atoms with Crippen molar-refractivity contribution in [1.82, 2.24) is 9.78 Å². The number of aromatic nitrogens is 2. The average molecular weight is 338 g/mol. The van der Waals surface area contributed by atoms with E-state index in [0.717, 1.165) is 16.8 Å². The number of rotatable bonds is 4. The molecule has 0 fully saturated rings. The third kappa shape index (κ3) is 3.05. The topological polar surface area (TPSA) is 55.1 Å². The van der Waals surface area contributed by atoms with E-state index in [1.54, 1.807) is 16.8 Å². The minimum atomic E-state index is -1.04. The predicted molar refractivity (Wildman–Crippen MR) is 94.8 cm³/mol. The fourth-order valence-electron chi connectivity index (χ4n) is 2.88. The number of carboxylic acids is 1. The Hall–Kier alpha value is -2.95. The number of halogens is 1. The SMILES string of the molecule is CCc1c(C(=O)O)c(-c2ccc(F)cc2)nn1-c1ccc(C)c(C)c1. The molecule has 0 unspecified atom stereocenters. The summed E-state index contributed by atoms with van der Waals surface area (Å²) in [6, 6.07) is 11.6. The predicted octanol–water partition coefficient (Wildman–Crippen LogP) is 4.56. The molecular formula is C20H19FN2O2. The lowest BCUT2D eigenvalue weighted by Crippen LogP contribution is -2.06. The quantitative estimate of drug-likeness (QED) is 0.759. The second kappa shape index (κ2) is 6.51. The summed E-state index contributed by atoms with van der Waals surface area (Å²) in [7, 11) is 0. The van der Waals surface area contributed by atoms with Crippen LogP contribution < -0.4 is 0 Å². The zero-order chi connectivity index (χ0) is 18.1. The molecule has 128 valence electrons. The molecule has 1 aromatic heterocycles. The Bertz CT molecular complexity index is 943. The van der Waals surface area contributed by atoms with Gasteiger partial charge in [0.05, 0.1) is 11.4 Å². The van der Waals surface area contributed by atoms with E-state index in [9.17, 15) is 14.3 Å². The molecule has 4 nitrogen and oxygen atoms in total. The van der Waals surface area contributed by atoms with Crippen molar-refractivity contribution in [3.63, 3.8) is 0 Å². The van der Waals surface area contributed by atoms with Crippen LogP contribution in [-0.2, 0) is 6.42 Å². The highest BCUT2D eigenvalue weighted by Gasteiger charge is 2.24. The molecule has 3 aromatic rings. The maximum Gasteiger partial charge on any atom is 0.339 e. The molecule has 0 atom stereocenters. The van der Waals surface area contributed by atoms with Gasteiger partial charge in [-0.3, -0.25) is 0 Å². The number of benzene rings is 2. The van der Waals surface area contributed by atoms with Crippen LogP contribution in [0.3, 0.4) is 0 Å². The van der Waals surface area contributed by atoms with Crippen LogP contribution in [-0.4, -0.2) is 20.9 Å². The highest BCUT2D eigenvalue weighted by Crippen LogP contribution is 2.29. The van der Waals surface area contributed by atoms with E-state index in [0.29, 0.717) is 23.4 Å². The molecule has 0 bridgehead atoms. The lowest BCUT2D eigenvalue weighted by atomic mass is 10.0. The minimum Gasteiger partial charge on any atom is -0.478 e. The molecule has 0 aliphatic heterocycles. The van der Waals surface area contributed by atoms with Gasteiger partial charge in [-0.05, 0) is 67.8 Å². The van der Waals surface area contributed by atoms with Gasteiger partial charge in [0.15, 0.2) is 0 Å². The second-order valence-electron chi connectivity index (χ2n) is 6.02. The molecule has 0 aliphatic carbocycles. The first kappa shape index (κ1) is 16.9. The third-order valence-corrected chi connectivity index (χ3v) is 4.38. The molecule has 0 saturated carbocycles. The van der Waals surface area contributed by atoms with Crippen LogP contribution >= 0.6 is 0 Å². The van der Waals surface area contributed by atoms with Gasteiger partial charge in [-0.15, -0.1) is 0 Å². The summed E-state index contributed by atoms with van der Waals surface area (Å²) in [5.41, 5.74) is 4.79. The first-order chi connectivity index (χ1) is 11.9. The van der Waals surface area contributed by atoms with Crippen molar-refractivity contribution in [2.45, 2.75) is 27.2 Å². The number of carboxylic acid groups (broad SMARTS) is 1. The monoisotopic (exact) mass is 338 g/mol. The highest BCUT2D eigenvalue weighted by molar-refractivity contribution is 5.96. The maximum absolute atomic E-state index is 13.2. The number of aromatic carboxylic acids is 1. The van der Waals surface area contributed by atoms with E-state index in [1.807, 2.05) is 39.0 Å². The largest absolute Gasteiger partial charge is 0.478 e. The number of nitrogens with zero attached hydrogens (tertiary/aromatic N) is 2. The molecule has 0 amide bonds. The Morgan fingerprint density at radius 2 is 1.80 bits per heavy atom. The van der Waals surface area contributed by atoms with Crippen molar-refractivity contribution < 1.29 is 14.3 Å². The van der Waals surface area contributed by atoms with E-state index >= 15 is 0 Å². The van der Waals surface area contributed by atoms with Crippen molar-refractivity contribution in [2.24, 2.45) is 0 Å². The van der Waals surface area contributed by atoms with Gasteiger partial charge in [0.25, 0.3) is 0 Å². The summed E-state index contributed by atoms with van der Waals surface area (Å²) in [4.78, 5) is 11.9. The summed E-state index contributed by atoms with van der Waals surface area (Å²) in [5, 5.41) is 14.3. The minimum absolute atomic E-state index is 0.160. The molecule has 0 spiro atoms. The first-order valence-corrected chi connectivity index (χ1v) is 8.11. The molecule has 1 N–H and O–H groups in total. The average Bonchev–Trinajstić information content (AvgIpc) is 2.97. The van der Waals surface area contributed by atoms with Crippen LogP contribution in [0.15, 0.2) is 42.5 Å². The van der Waals surface area contributed by atoms with E-state index < -0.39 is 5.97 Å². The smallest absolute Gasteiger partial charge is 0.339 e. The van der Waals surface area contributed by atoms with Crippen LogP contribution in [0.5, 0.6) is 0 Å². The number of aryl methyl sites for hydroxylation is 2. The molecule has 3 rings (SSSR count). The Morgan fingerprint density at radius 3 is 2.36 bits per heavy atom. The lowest BCUT2D eigenvalue weighted by molar-refractivity contribution is 0.0696. The van der Waals surface area contributed by atoms with Gasteiger partial charge in [0.1, 0.15) is 17.1 Å². The molecule has 25 heavy (non-hydrogen) atoms. The van der Waals surface area contributed by atoms with E-state index in [1.165, 1.54) is 12.1 Å². The number of carbonyl (C=O) groups is 1. The maximum atomic E-state index is 13.2. The van der Waals surface area contributed by atoms with Crippen LogP contribution in [0.4, 0.5) is 4.39 Å². The van der Waals surface area contributed by atoms with Gasteiger partial charge in [-0.25, -0.2) is 13.9 Å². The zero-order valence-electron chi connectivity index (χ0n) is 14.4.